The average molecular weight is 365 g/mol. The summed E-state index contributed by atoms with van der Waals surface area (Å²) in [5.41, 5.74) is 4.63. The zero-order valence-electron chi connectivity index (χ0n) is 14.0. The molecule has 8 heteroatoms. The maximum Gasteiger partial charge on any atom is 0.483 e. The maximum absolute atomic E-state index is 9.69. The Bertz CT molecular complexity index is 1200. The Hall–Kier alpha value is -3.60. The number of aromatic nitrogens is 4. The highest BCUT2D eigenvalue weighted by Crippen LogP contribution is 2.40. The van der Waals surface area contributed by atoms with Crippen LogP contribution in [0.25, 0.3) is 32.9 Å². The molecule has 134 valence electrons. The van der Waals surface area contributed by atoms with E-state index < -0.39 is 6.29 Å². The molecule has 0 amide bonds. The van der Waals surface area contributed by atoms with E-state index in [4.69, 9.17) is 16.4 Å². The van der Waals surface area contributed by atoms with Crippen molar-refractivity contribution in [2.45, 2.75) is 18.9 Å². The third kappa shape index (κ3) is 3.15. The van der Waals surface area contributed by atoms with Crippen LogP contribution in [-0.4, -0.2) is 25.4 Å². The van der Waals surface area contributed by atoms with Crippen LogP contribution in [0.15, 0.2) is 48.8 Å². The molecule has 1 aliphatic carbocycles. The van der Waals surface area contributed by atoms with E-state index in [9.17, 15) is 8.78 Å². The van der Waals surface area contributed by atoms with Crippen molar-refractivity contribution >= 4 is 34.0 Å². The molecular formula is C19H13F2N5O. The summed E-state index contributed by atoms with van der Waals surface area (Å²) in [6.07, 6.45) is 1.32. The van der Waals surface area contributed by atoms with Gasteiger partial charge in [0.05, 0.1) is 28.6 Å². The fourth-order valence-corrected chi connectivity index (χ4v) is 3.12. The first-order valence-corrected chi connectivity index (χ1v) is 8.25. The third-order valence-electron chi connectivity index (χ3n) is 4.36. The first kappa shape index (κ1) is 16.8. The van der Waals surface area contributed by atoms with E-state index in [1.54, 1.807) is 0 Å². The molecule has 6 nitrogen and oxygen atoms in total. The van der Waals surface area contributed by atoms with Crippen LogP contribution in [0.4, 0.5) is 19.3 Å². The predicted molar refractivity (Wildman–Crippen MR) is 96.5 cm³/mol. The Balaban J connectivity index is 0.000000413. The Morgan fingerprint density at radius 1 is 1.11 bits per heavy atom. The molecule has 0 saturated heterocycles. The molecule has 0 unspecified atom stereocenters. The molecule has 5 rings (SSSR count). The van der Waals surface area contributed by atoms with E-state index in [1.807, 2.05) is 47.3 Å². The summed E-state index contributed by atoms with van der Waals surface area (Å²) in [5, 5.41) is 0. The lowest BCUT2D eigenvalue weighted by molar-refractivity contribution is 0.199. The lowest BCUT2D eigenvalue weighted by Gasteiger charge is -2.09. The quantitative estimate of drug-likeness (QED) is 0.357. The van der Waals surface area contributed by atoms with E-state index in [0.717, 1.165) is 40.9 Å². The average Bonchev–Trinajstić information content (AvgIpc) is 3.28. The molecule has 1 fully saturated rings. The highest BCUT2D eigenvalue weighted by molar-refractivity contribution is 5.83. The van der Waals surface area contributed by atoms with Crippen LogP contribution in [0, 0.1) is 6.57 Å². The van der Waals surface area contributed by atoms with Crippen LogP contribution >= 0.6 is 0 Å². The van der Waals surface area contributed by atoms with Gasteiger partial charge in [0.25, 0.3) is 0 Å². The zero-order valence-corrected chi connectivity index (χ0v) is 14.0. The van der Waals surface area contributed by atoms with Gasteiger partial charge < -0.3 is 4.57 Å². The minimum absolute atomic E-state index is 0.470. The van der Waals surface area contributed by atoms with E-state index >= 15 is 0 Å². The third-order valence-corrected chi connectivity index (χ3v) is 4.36. The van der Waals surface area contributed by atoms with Gasteiger partial charge in [-0.05, 0) is 37.1 Å². The van der Waals surface area contributed by atoms with Gasteiger partial charge in [-0.15, -0.1) is 8.78 Å². The summed E-state index contributed by atoms with van der Waals surface area (Å²) in [6, 6.07) is 14.2. The summed E-state index contributed by atoms with van der Waals surface area (Å²) in [4.78, 5) is 21.0. The number of hydrogen-bond donors (Lipinski definition) is 0. The number of hydrogen-bond acceptors (Lipinski definition) is 3. The van der Waals surface area contributed by atoms with Crippen LogP contribution < -0.4 is 0 Å². The SMILES string of the molecule is O=C(F)F.[C-]#[N+]c1ccc2nc(-n3cnc4ccccc43)n(C3CC3)c2c1. The minimum atomic E-state index is -2.83. The number of halogens is 2. The van der Waals surface area contributed by atoms with E-state index in [0.29, 0.717) is 11.7 Å². The number of carbonyl (C=O) groups excluding carboxylic acids is 1. The molecule has 0 radical (unpaired) electrons. The molecule has 4 aromatic rings. The molecule has 0 N–H and O–H groups in total. The Morgan fingerprint density at radius 3 is 2.56 bits per heavy atom. The molecule has 0 atom stereocenters. The largest absolute Gasteiger partial charge is 0.483 e. The van der Waals surface area contributed by atoms with Gasteiger partial charge in [-0.2, -0.15) is 0 Å². The van der Waals surface area contributed by atoms with Crippen LogP contribution in [-0.2, 0) is 0 Å². The van der Waals surface area contributed by atoms with Crippen molar-refractivity contribution in [2.24, 2.45) is 0 Å². The molecule has 1 saturated carbocycles. The van der Waals surface area contributed by atoms with E-state index in [1.165, 1.54) is 0 Å². The van der Waals surface area contributed by atoms with Crippen LogP contribution in [0.2, 0.25) is 0 Å². The molecule has 2 aromatic carbocycles. The highest BCUT2D eigenvalue weighted by Gasteiger charge is 2.29. The topological polar surface area (TPSA) is 57.1 Å². The van der Waals surface area contributed by atoms with Crippen LogP contribution in [0.3, 0.4) is 0 Å². The summed E-state index contributed by atoms with van der Waals surface area (Å²) >= 11 is 0. The van der Waals surface area contributed by atoms with Crippen molar-refractivity contribution < 1.29 is 13.6 Å². The summed E-state index contributed by atoms with van der Waals surface area (Å²) < 4.78 is 23.7. The van der Waals surface area contributed by atoms with Crippen LogP contribution in [0.5, 0.6) is 0 Å². The number of para-hydroxylation sites is 2. The van der Waals surface area contributed by atoms with Gasteiger partial charge in [0.15, 0.2) is 5.69 Å². The summed E-state index contributed by atoms with van der Waals surface area (Å²) in [7, 11) is 0. The Kier molecular flexibility index (Phi) is 4.12. The Labute approximate surface area is 152 Å². The first-order chi connectivity index (χ1) is 13.1. The monoisotopic (exact) mass is 365 g/mol. The molecule has 27 heavy (non-hydrogen) atoms. The smallest absolute Gasteiger partial charge is 0.308 e. The highest BCUT2D eigenvalue weighted by atomic mass is 19.3. The van der Waals surface area contributed by atoms with Crippen molar-refractivity contribution in [3.8, 4) is 5.95 Å². The molecule has 0 aliphatic heterocycles. The minimum Gasteiger partial charge on any atom is -0.308 e. The van der Waals surface area contributed by atoms with E-state index in [-0.39, 0.29) is 0 Å². The lowest BCUT2D eigenvalue weighted by Crippen LogP contribution is -2.04. The second-order valence-corrected chi connectivity index (χ2v) is 6.13. The van der Waals surface area contributed by atoms with Gasteiger partial charge in [0.2, 0.25) is 5.95 Å². The fraction of sp³-hybridized carbons (Fsp3) is 0.158. The predicted octanol–water partition coefficient (Wildman–Crippen LogP) is 5.31. The van der Waals surface area contributed by atoms with Crippen molar-refractivity contribution in [3.05, 3.63) is 60.2 Å². The normalized spacial score (nSPS) is 13.2. The number of nitrogens with zero attached hydrogens (tertiary/aromatic N) is 5. The molecule has 0 spiro atoms. The first-order valence-electron chi connectivity index (χ1n) is 8.25. The number of benzene rings is 2. The Morgan fingerprint density at radius 2 is 1.85 bits per heavy atom. The second kappa shape index (κ2) is 6.61. The maximum atomic E-state index is 9.69. The van der Waals surface area contributed by atoms with Gasteiger partial charge in [0.1, 0.15) is 6.33 Å². The molecule has 2 heterocycles. The number of fused-ring (bicyclic) bond motifs is 2. The second-order valence-electron chi connectivity index (χ2n) is 6.13. The standard InChI is InChI=1S/C18H13N5.CF2O/c1-19-12-6-9-15-17(10-12)23(13-7-8-13)18(21-15)22-11-20-14-4-2-3-5-16(14)22;2-1(3)4/h2-6,9-11,13H,7-8H2;. The molecule has 1 aliphatic rings. The number of rotatable bonds is 2. The van der Waals surface area contributed by atoms with E-state index in [2.05, 4.69) is 20.5 Å². The number of imidazole rings is 2. The summed E-state index contributed by atoms with van der Waals surface area (Å²) in [6.45, 7) is 7.25. The van der Waals surface area contributed by atoms with Gasteiger partial charge >= 0.3 is 6.29 Å². The van der Waals surface area contributed by atoms with Crippen molar-refractivity contribution in [2.75, 3.05) is 0 Å². The van der Waals surface area contributed by atoms with Crippen molar-refractivity contribution in [3.63, 3.8) is 0 Å². The van der Waals surface area contributed by atoms with Gasteiger partial charge in [0, 0.05) is 6.04 Å². The molecular weight excluding hydrogens is 352 g/mol. The zero-order chi connectivity index (χ0) is 19.0. The van der Waals surface area contributed by atoms with Gasteiger partial charge in [-0.1, -0.05) is 18.2 Å². The molecule has 2 aromatic heterocycles. The van der Waals surface area contributed by atoms with Crippen molar-refractivity contribution in [1.29, 1.82) is 0 Å². The fourth-order valence-electron chi connectivity index (χ4n) is 3.12. The van der Waals surface area contributed by atoms with Crippen molar-refractivity contribution in [1.82, 2.24) is 19.1 Å². The van der Waals surface area contributed by atoms with Crippen LogP contribution in [0.1, 0.15) is 18.9 Å². The number of carbonyl (C=O) groups is 1. The summed E-state index contributed by atoms with van der Waals surface area (Å²) in [5.74, 6) is 0.887. The van der Waals surface area contributed by atoms with Gasteiger partial charge in [-0.25, -0.2) is 19.6 Å². The molecule has 0 bridgehead atoms. The lowest BCUT2D eigenvalue weighted by atomic mass is 10.3. The van der Waals surface area contributed by atoms with Gasteiger partial charge in [-0.3, -0.25) is 4.57 Å².